The fraction of sp³-hybridized carbons (Fsp3) is 0.444. The number of rotatable bonds is 2. The molecule has 0 saturated carbocycles. The van der Waals surface area contributed by atoms with Gasteiger partial charge in [0.05, 0.1) is 18.2 Å². The van der Waals surface area contributed by atoms with Crippen LogP contribution in [0.3, 0.4) is 0 Å². The summed E-state index contributed by atoms with van der Waals surface area (Å²) >= 11 is 0. The molecule has 3 aliphatic heterocycles. The van der Waals surface area contributed by atoms with Crippen LogP contribution in [0.1, 0.15) is 24.9 Å². The van der Waals surface area contributed by atoms with E-state index in [1.807, 2.05) is 49.4 Å². The molecule has 0 aromatic heterocycles. The Balaban J connectivity index is 1.76. The summed E-state index contributed by atoms with van der Waals surface area (Å²) in [5.74, 6) is 0.0908. The average molecular weight is 312 g/mol. The monoisotopic (exact) mass is 312 g/mol. The van der Waals surface area contributed by atoms with Gasteiger partial charge in [-0.2, -0.15) is 0 Å². The van der Waals surface area contributed by atoms with E-state index in [2.05, 4.69) is 0 Å². The number of carbonyl (C=O) groups excluding carboxylic acids is 2. The number of Topliss-reactive ketones (excluding diaryl/α,β-unsaturated/α-hetero) is 1. The summed E-state index contributed by atoms with van der Waals surface area (Å²) in [5.41, 5.74) is 1.05. The van der Waals surface area contributed by atoms with E-state index in [4.69, 9.17) is 4.74 Å². The van der Waals surface area contributed by atoms with Gasteiger partial charge in [-0.05, 0) is 12.5 Å². The zero-order chi connectivity index (χ0) is 16.1. The van der Waals surface area contributed by atoms with E-state index in [1.54, 1.807) is 16.8 Å². The van der Waals surface area contributed by atoms with Crippen LogP contribution in [-0.2, 0) is 9.53 Å². The molecule has 120 valence electrons. The molecule has 2 bridgehead atoms. The largest absolute Gasteiger partial charge is 0.364 e. The molecule has 0 aliphatic carbocycles. The lowest BCUT2D eigenvalue weighted by Gasteiger charge is -2.38. The fourth-order valence-electron chi connectivity index (χ4n) is 3.94. The van der Waals surface area contributed by atoms with Crippen molar-refractivity contribution in [1.29, 1.82) is 0 Å². The first-order valence-electron chi connectivity index (χ1n) is 8.04. The van der Waals surface area contributed by atoms with Crippen molar-refractivity contribution in [3.63, 3.8) is 0 Å². The van der Waals surface area contributed by atoms with Gasteiger partial charge in [0.2, 0.25) is 0 Å². The third-order valence-electron chi connectivity index (χ3n) is 5.22. The van der Waals surface area contributed by atoms with Crippen molar-refractivity contribution in [2.45, 2.75) is 43.7 Å². The second kappa shape index (κ2) is 5.20. The quantitative estimate of drug-likeness (QED) is 0.786. The number of benzene rings is 1. The summed E-state index contributed by atoms with van der Waals surface area (Å²) < 4.78 is 5.85. The third kappa shape index (κ3) is 2.10. The van der Waals surface area contributed by atoms with Gasteiger partial charge in [-0.15, -0.1) is 0 Å². The van der Waals surface area contributed by atoms with Crippen LogP contribution < -0.4 is 0 Å². The van der Waals surface area contributed by atoms with Crippen LogP contribution in [0.4, 0.5) is 4.79 Å². The van der Waals surface area contributed by atoms with Gasteiger partial charge < -0.3 is 14.5 Å². The molecule has 1 aromatic carbocycles. The molecule has 5 nitrogen and oxygen atoms in total. The molecule has 0 spiro atoms. The van der Waals surface area contributed by atoms with Gasteiger partial charge in [-0.3, -0.25) is 4.79 Å². The molecule has 5 heteroatoms. The Morgan fingerprint density at radius 1 is 1.09 bits per heavy atom. The smallest absolute Gasteiger partial charge is 0.321 e. The van der Waals surface area contributed by atoms with E-state index in [0.717, 1.165) is 5.56 Å². The van der Waals surface area contributed by atoms with E-state index in [9.17, 15) is 9.59 Å². The molecule has 23 heavy (non-hydrogen) atoms. The average Bonchev–Trinajstić information content (AvgIpc) is 3.04. The SMILES string of the molecule is C[C@H]1[C@@H](c2ccccc2)N([C@@H]2C(=O)C[C@@H]3C=C[C@H]2O3)C(=O)N1C. The number of carbonyl (C=O) groups is 2. The van der Waals surface area contributed by atoms with Gasteiger partial charge in [-0.1, -0.05) is 42.5 Å². The van der Waals surface area contributed by atoms with Crippen molar-refractivity contribution in [2.75, 3.05) is 7.05 Å². The highest BCUT2D eigenvalue weighted by atomic mass is 16.5. The molecule has 4 rings (SSSR count). The van der Waals surface area contributed by atoms with Crippen LogP contribution >= 0.6 is 0 Å². The fourth-order valence-corrected chi connectivity index (χ4v) is 3.94. The molecule has 3 heterocycles. The Bertz CT molecular complexity index is 672. The maximum atomic E-state index is 12.8. The van der Waals surface area contributed by atoms with E-state index < -0.39 is 6.04 Å². The Kier molecular flexibility index (Phi) is 3.27. The highest BCUT2D eigenvalue weighted by Crippen LogP contribution is 2.40. The Labute approximate surface area is 135 Å². The number of ketones is 1. The maximum absolute atomic E-state index is 12.8. The van der Waals surface area contributed by atoms with Gasteiger partial charge in [-0.25, -0.2) is 4.79 Å². The molecule has 2 amide bonds. The second-order valence-electron chi connectivity index (χ2n) is 6.54. The number of fused-ring (bicyclic) bond motifs is 2. The molecule has 2 saturated heterocycles. The van der Waals surface area contributed by atoms with Gasteiger partial charge in [0.15, 0.2) is 5.78 Å². The van der Waals surface area contributed by atoms with Crippen molar-refractivity contribution in [3.8, 4) is 0 Å². The minimum Gasteiger partial charge on any atom is -0.364 e. The first kappa shape index (κ1) is 14.5. The van der Waals surface area contributed by atoms with Crippen LogP contribution in [-0.4, -0.2) is 53.0 Å². The summed E-state index contributed by atoms with van der Waals surface area (Å²) in [6.07, 6.45) is 3.77. The molecule has 5 atom stereocenters. The lowest BCUT2D eigenvalue weighted by molar-refractivity contribution is -0.138. The van der Waals surface area contributed by atoms with Crippen molar-refractivity contribution in [2.24, 2.45) is 0 Å². The van der Waals surface area contributed by atoms with E-state index in [-0.39, 0.29) is 36.1 Å². The standard InChI is InChI=1S/C18H20N2O3/c1-11-16(12-6-4-3-5-7-12)20(18(22)19(11)2)17-14(21)10-13-8-9-15(17)23-13/h3-9,11,13,15-17H,10H2,1-2H3/t11-,13-,15+,16-,17+/m0/s1. The lowest BCUT2D eigenvalue weighted by atomic mass is 9.94. The number of hydrogen-bond acceptors (Lipinski definition) is 3. The number of ether oxygens (including phenoxy) is 1. The molecule has 0 unspecified atom stereocenters. The Morgan fingerprint density at radius 2 is 1.83 bits per heavy atom. The van der Waals surface area contributed by atoms with E-state index in [1.165, 1.54) is 0 Å². The lowest BCUT2D eigenvalue weighted by Crippen LogP contribution is -2.54. The van der Waals surface area contributed by atoms with E-state index >= 15 is 0 Å². The first-order valence-corrected chi connectivity index (χ1v) is 8.04. The molecular formula is C18H20N2O3. The number of hydrogen-bond donors (Lipinski definition) is 0. The number of likely N-dealkylation sites (N-methyl/N-ethyl adjacent to an activating group) is 1. The van der Waals surface area contributed by atoms with Crippen molar-refractivity contribution in [1.82, 2.24) is 9.80 Å². The van der Waals surface area contributed by atoms with Gasteiger partial charge in [0, 0.05) is 13.5 Å². The summed E-state index contributed by atoms with van der Waals surface area (Å²) in [6.45, 7) is 2.02. The highest BCUT2D eigenvalue weighted by Gasteiger charge is 2.52. The summed E-state index contributed by atoms with van der Waals surface area (Å²) in [6, 6.07) is 9.14. The molecule has 0 radical (unpaired) electrons. The summed E-state index contributed by atoms with van der Waals surface area (Å²) in [4.78, 5) is 28.9. The van der Waals surface area contributed by atoms with Crippen LogP contribution in [0.5, 0.6) is 0 Å². The Morgan fingerprint density at radius 3 is 2.57 bits per heavy atom. The normalized spacial score (nSPS) is 36.2. The minimum absolute atomic E-state index is 0.000746. The van der Waals surface area contributed by atoms with Crippen molar-refractivity contribution in [3.05, 3.63) is 48.0 Å². The summed E-state index contributed by atoms with van der Waals surface area (Å²) in [7, 11) is 1.80. The number of nitrogens with zero attached hydrogens (tertiary/aromatic N) is 2. The van der Waals surface area contributed by atoms with Crippen LogP contribution in [0.2, 0.25) is 0 Å². The molecule has 2 fully saturated rings. The van der Waals surface area contributed by atoms with Crippen LogP contribution in [0.15, 0.2) is 42.5 Å². The number of amides is 2. The van der Waals surface area contributed by atoms with Gasteiger partial charge >= 0.3 is 6.03 Å². The second-order valence-corrected chi connectivity index (χ2v) is 6.54. The Hall–Kier alpha value is -2.14. The van der Waals surface area contributed by atoms with Crippen LogP contribution in [0, 0.1) is 0 Å². The van der Waals surface area contributed by atoms with Gasteiger partial charge in [0.25, 0.3) is 0 Å². The highest BCUT2D eigenvalue weighted by molar-refractivity contribution is 5.92. The van der Waals surface area contributed by atoms with E-state index in [0.29, 0.717) is 6.42 Å². The zero-order valence-corrected chi connectivity index (χ0v) is 13.3. The van der Waals surface area contributed by atoms with Gasteiger partial charge in [0.1, 0.15) is 12.1 Å². The molecule has 0 N–H and O–H groups in total. The minimum atomic E-state index is -0.532. The third-order valence-corrected chi connectivity index (χ3v) is 5.22. The summed E-state index contributed by atoms with van der Waals surface area (Å²) in [5, 5.41) is 0. The van der Waals surface area contributed by atoms with Crippen molar-refractivity contribution < 1.29 is 14.3 Å². The molecule has 3 aliphatic rings. The predicted octanol–water partition coefficient (Wildman–Crippen LogP) is 2.15. The first-order chi connectivity index (χ1) is 11.1. The molecule has 1 aromatic rings. The van der Waals surface area contributed by atoms with Crippen LogP contribution in [0.25, 0.3) is 0 Å². The zero-order valence-electron chi connectivity index (χ0n) is 13.3. The molecular weight excluding hydrogens is 292 g/mol. The predicted molar refractivity (Wildman–Crippen MR) is 84.9 cm³/mol. The topological polar surface area (TPSA) is 49.9 Å². The number of urea groups is 1. The maximum Gasteiger partial charge on any atom is 0.321 e. The van der Waals surface area contributed by atoms with Crippen molar-refractivity contribution >= 4 is 11.8 Å².